The summed E-state index contributed by atoms with van der Waals surface area (Å²) in [7, 11) is 3.11. The molecular weight excluding hydrogens is 142 g/mol. The summed E-state index contributed by atoms with van der Waals surface area (Å²) in [6.45, 7) is 0. The van der Waals surface area contributed by atoms with E-state index in [9.17, 15) is 0 Å². The zero-order chi connectivity index (χ0) is 8.27. The number of hydrogen-bond donors (Lipinski definition) is 1. The molecule has 0 spiro atoms. The third-order valence-corrected chi connectivity index (χ3v) is 1.36. The summed E-state index contributed by atoms with van der Waals surface area (Å²) >= 11 is 0. The predicted molar refractivity (Wildman–Crippen MR) is 42.8 cm³/mol. The Morgan fingerprint density at radius 3 is 2.45 bits per heavy atom. The Hall–Kier alpha value is -1.38. The van der Waals surface area contributed by atoms with Crippen molar-refractivity contribution in [1.82, 2.24) is 0 Å². The van der Waals surface area contributed by atoms with E-state index >= 15 is 0 Å². The molecule has 1 rings (SSSR count). The molecule has 0 aliphatic heterocycles. The van der Waals surface area contributed by atoms with E-state index in [1.807, 2.05) is 0 Å². The summed E-state index contributed by atoms with van der Waals surface area (Å²) in [6.07, 6.45) is 0. The molecule has 0 aliphatic carbocycles. The van der Waals surface area contributed by atoms with Crippen LogP contribution in [0.2, 0.25) is 0 Å². The molecule has 0 heterocycles. The van der Waals surface area contributed by atoms with Gasteiger partial charge in [-0.1, -0.05) is 0 Å². The monoisotopic (exact) mass is 152 g/mol. The minimum absolute atomic E-state index is 0.534. The lowest BCUT2D eigenvalue weighted by Gasteiger charge is -2.08. The zero-order valence-corrected chi connectivity index (χ0v) is 6.55. The van der Waals surface area contributed by atoms with Gasteiger partial charge in [-0.25, -0.2) is 0 Å². The standard InChI is InChI=1S/C8H10NO2/c1-10-7-5-3-4-6(9)8(7)11-2/h4-5H,9H2,1-2H3. The number of methoxy groups -OCH3 is 2. The summed E-state index contributed by atoms with van der Waals surface area (Å²) in [6, 6.07) is 6.14. The van der Waals surface area contributed by atoms with Crippen LogP contribution in [0.4, 0.5) is 5.69 Å². The minimum atomic E-state index is 0.534. The molecule has 0 saturated heterocycles. The number of nitrogens with two attached hydrogens (primary N) is 1. The first kappa shape index (κ1) is 7.72. The van der Waals surface area contributed by atoms with Crippen LogP contribution in [0.15, 0.2) is 12.1 Å². The summed E-state index contributed by atoms with van der Waals surface area (Å²) in [4.78, 5) is 0. The predicted octanol–water partition coefficient (Wildman–Crippen LogP) is 1.09. The van der Waals surface area contributed by atoms with Crippen molar-refractivity contribution >= 4 is 5.69 Å². The number of rotatable bonds is 2. The average molecular weight is 152 g/mol. The van der Waals surface area contributed by atoms with Crippen molar-refractivity contribution in [3.63, 3.8) is 0 Å². The molecule has 3 nitrogen and oxygen atoms in total. The highest BCUT2D eigenvalue weighted by Gasteiger charge is 2.04. The zero-order valence-electron chi connectivity index (χ0n) is 6.55. The second-order valence-corrected chi connectivity index (χ2v) is 2.01. The van der Waals surface area contributed by atoms with Gasteiger partial charge in [0.05, 0.1) is 19.9 Å². The van der Waals surface area contributed by atoms with Crippen LogP contribution in [-0.2, 0) is 0 Å². The topological polar surface area (TPSA) is 44.5 Å². The van der Waals surface area contributed by atoms with E-state index in [1.165, 1.54) is 0 Å². The fourth-order valence-electron chi connectivity index (χ4n) is 0.851. The van der Waals surface area contributed by atoms with Gasteiger partial charge in [0.2, 0.25) is 0 Å². The Morgan fingerprint density at radius 2 is 2.00 bits per heavy atom. The third kappa shape index (κ3) is 1.37. The molecule has 1 radical (unpaired) electrons. The van der Waals surface area contributed by atoms with Crippen molar-refractivity contribution < 1.29 is 9.47 Å². The Kier molecular flexibility index (Phi) is 2.21. The van der Waals surface area contributed by atoms with Crippen LogP contribution >= 0.6 is 0 Å². The SMILES string of the molecule is COc1c[c]cc(N)c1OC. The summed E-state index contributed by atoms with van der Waals surface area (Å²) < 4.78 is 9.98. The van der Waals surface area contributed by atoms with Crippen molar-refractivity contribution in [2.45, 2.75) is 0 Å². The highest BCUT2D eigenvalue weighted by molar-refractivity contribution is 5.59. The van der Waals surface area contributed by atoms with Crippen LogP contribution in [-0.4, -0.2) is 14.2 Å². The first-order chi connectivity index (χ1) is 5.29. The van der Waals surface area contributed by atoms with E-state index < -0.39 is 0 Å². The van der Waals surface area contributed by atoms with Crippen molar-refractivity contribution in [2.75, 3.05) is 20.0 Å². The number of nitrogen functional groups attached to an aromatic ring is 1. The highest BCUT2D eigenvalue weighted by Crippen LogP contribution is 2.31. The van der Waals surface area contributed by atoms with E-state index in [2.05, 4.69) is 6.07 Å². The first-order valence-corrected chi connectivity index (χ1v) is 3.17. The molecule has 0 amide bonds. The van der Waals surface area contributed by atoms with Crippen molar-refractivity contribution in [1.29, 1.82) is 0 Å². The third-order valence-electron chi connectivity index (χ3n) is 1.36. The molecule has 1 aromatic rings. The van der Waals surface area contributed by atoms with Crippen LogP contribution in [0.25, 0.3) is 0 Å². The van der Waals surface area contributed by atoms with Gasteiger partial charge in [0, 0.05) is 0 Å². The molecule has 59 valence electrons. The molecular formula is C8H10NO2. The van der Waals surface area contributed by atoms with Gasteiger partial charge in [0.1, 0.15) is 0 Å². The van der Waals surface area contributed by atoms with E-state index in [-0.39, 0.29) is 0 Å². The maximum absolute atomic E-state index is 5.57. The van der Waals surface area contributed by atoms with Gasteiger partial charge in [0.25, 0.3) is 0 Å². The minimum Gasteiger partial charge on any atom is -0.493 e. The highest BCUT2D eigenvalue weighted by atomic mass is 16.5. The first-order valence-electron chi connectivity index (χ1n) is 3.17. The molecule has 2 N–H and O–H groups in total. The van der Waals surface area contributed by atoms with Gasteiger partial charge in [-0.15, -0.1) is 0 Å². The van der Waals surface area contributed by atoms with Crippen LogP contribution in [0.5, 0.6) is 11.5 Å². The van der Waals surface area contributed by atoms with Gasteiger partial charge < -0.3 is 15.2 Å². The lowest BCUT2D eigenvalue weighted by atomic mass is 10.3. The van der Waals surface area contributed by atoms with Gasteiger partial charge in [-0.3, -0.25) is 0 Å². The summed E-state index contributed by atoms with van der Waals surface area (Å²) in [5.41, 5.74) is 6.11. The molecule has 11 heavy (non-hydrogen) atoms. The number of ether oxygens (including phenoxy) is 2. The summed E-state index contributed by atoms with van der Waals surface area (Å²) in [5, 5.41) is 0. The van der Waals surface area contributed by atoms with Gasteiger partial charge in [-0.05, 0) is 18.2 Å². The maximum Gasteiger partial charge on any atom is 0.183 e. The lowest BCUT2D eigenvalue weighted by molar-refractivity contribution is 0.356. The molecule has 0 saturated carbocycles. The summed E-state index contributed by atoms with van der Waals surface area (Å²) in [5.74, 6) is 1.17. The van der Waals surface area contributed by atoms with Crippen LogP contribution in [0.1, 0.15) is 0 Å². The Labute approximate surface area is 65.7 Å². The van der Waals surface area contributed by atoms with Crippen LogP contribution in [0, 0.1) is 6.07 Å². The molecule has 0 aliphatic rings. The Balaban J connectivity index is 3.13. The van der Waals surface area contributed by atoms with Gasteiger partial charge in [0.15, 0.2) is 11.5 Å². The number of benzene rings is 1. The molecule has 0 unspecified atom stereocenters. The Morgan fingerprint density at radius 1 is 1.27 bits per heavy atom. The van der Waals surface area contributed by atoms with Crippen LogP contribution < -0.4 is 15.2 Å². The lowest BCUT2D eigenvalue weighted by Crippen LogP contribution is -1.95. The van der Waals surface area contributed by atoms with E-state index in [0.717, 1.165) is 0 Å². The Bertz CT molecular complexity index is 248. The van der Waals surface area contributed by atoms with Crippen LogP contribution in [0.3, 0.4) is 0 Å². The molecule has 1 aromatic carbocycles. The van der Waals surface area contributed by atoms with E-state index in [0.29, 0.717) is 17.2 Å². The smallest absolute Gasteiger partial charge is 0.183 e. The normalized spacial score (nSPS) is 9.27. The fraction of sp³-hybridized carbons (Fsp3) is 0.250. The van der Waals surface area contributed by atoms with Gasteiger partial charge in [-0.2, -0.15) is 0 Å². The van der Waals surface area contributed by atoms with E-state index in [1.54, 1.807) is 26.4 Å². The largest absolute Gasteiger partial charge is 0.493 e. The number of hydrogen-bond acceptors (Lipinski definition) is 3. The second kappa shape index (κ2) is 3.14. The van der Waals surface area contributed by atoms with E-state index in [4.69, 9.17) is 15.2 Å². The average Bonchev–Trinajstić information content (AvgIpc) is 2.04. The van der Waals surface area contributed by atoms with Gasteiger partial charge >= 0.3 is 0 Å². The molecule has 0 fully saturated rings. The quantitative estimate of drug-likeness (QED) is 0.645. The second-order valence-electron chi connectivity index (χ2n) is 2.01. The van der Waals surface area contributed by atoms with Crippen molar-refractivity contribution in [2.24, 2.45) is 0 Å². The number of anilines is 1. The molecule has 0 bridgehead atoms. The van der Waals surface area contributed by atoms with Crippen molar-refractivity contribution in [3.8, 4) is 11.5 Å². The molecule has 0 atom stereocenters. The molecule has 3 heteroatoms. The molecule has 0 aromatic heterocycles. The van der Waals surface area contributed by atoms with Crippen molar-refractivity contribution in [3.05, 3.63) is 18.2 Å². The maximum atomic E-state index is 5.57. The fourth-order valence-corrected chi connectivity index (χ4v) is 0.851.